The lowest BCUT2D eigenvalue weighted by atomic mass is 9.87. The van der Waals surface area contributed by atoms with E-state index in [0.29, 0.717) is 36.1 Å². The van der Waals surface area contributed by atoms with Gasteiger partial charge in [0.15, 0.2) is 0 Å². The molecular weight excluding hydrogens is 526 g/mol. The smallest absolute Gasteiger partial charge is 0.254 e. The second-order valence-corrected chi connectivity index (χ2v) is 9.80. The lowest BCUT2D eigenvalue weighted by molar-refractivity contribution is -0.127. The third-order valence-corrected chi connectivity index (χ3v) is 7.98. The number of carbonyl (C=O) groups excluding carboxylic acids is 2. The molecule has 9 heteroatoms. The van der Waals surface area contributed by atoms with Crippen LogP contribution in [0.5, 0.6) is 0 Å². The Morgan fingerprint density at radius 3 is 2.45 bits per heavy atom. The second-order valence-electron chi connectivity index (χ2n) is 8.10. The number of hydrogen-bond acceptors (Lipinski definition) is 4. The molecule has 1 saturated heterocycles. The van der Waals surface area contributed by atoms with Gasteiger partial charge < -0.3 is 16.0 Å². The van der Waals surface area contributed by atoms with Crippen LogP contribution in [-0.4, -0.2) is 46.1 Å². The number of nitrogens with two attached hydrogens (primary N) is 1. The van der Waals surface area contributed by atoms with Crippen molar-refractivity contribution in [1.82, 2.24) is 14.7 Å². The number of nitrogens with zero attached hydrogens (tertiary/aromatic N) is 3. The Bertz CT molecular complexity index is 1030. The van der Waals surface area contributed by atoms with Crippen LogP contribution in [-0.2, 0) is 4.79 Å². The first-order chi connectivity index (χ1) is 14.8. The molecule has 3 N–H and O–H groups in total. The van der Waals surface area contributed by atoms with Gasteiger partial charge in [-0.2, -0.15) is 5.10 Å². The minimum atomic E-state index is -0.497. The van der Waals surface area contributed by atoms with Gasteiger partial charge in [0.25, 0.3) is 5.91 Å². The molecule has 31 heavy (non-hydrogen) atoms. The number of aromatic nitrogens is 2. The zero-order chi connectivity index (χ0) is 22.3. The fraction of sp³-hybridized carbons (Fsp3) is 0.409. The zero-order valence-electron chi connectivity index (χ0n) is 17.3. The van der Waals surface area contributed by atoms with Crippen LogP contribution >= 0.6 is 31.9 Å². The van der Waals surface area contributed by atoms with E-state index in [1.54, 1.807) is 0 Å². The highest BCUT2D eigenvalue weighted by atomic mass is 79.9. The summed E-state index contributed by atoms with van der Waals surface area (Å²) in [7, 11) is 0. The Hall–Kier alpha value is -2.13. The van der Waals surface area contributed by atoms with Gasteiger partial charge in [0.05, 0.1) is 6.04 Å². The van der Waals surface area contributed by atoms with Crippen molar-refractivity contribution >= 4 is 49.5 Å². The van der Waals surface area contributed by atoms with Gasteiger partial charge >= 0.3 is 0 Å². The molecular formula is C22H25Br2N5O2. The largest absolute Gasteiger partial charge is 0.370 e. The van der Waals surface area contributed by atoms with E-state index >= 15 is 0 Å². The molecule has 7 nitrogen and oxygen atoms in total. The third kappa shape index (κ3) is 4.05. The molecule has 2 aromatic rings. The SMILES string of the molecule is C=CC(=O)N1CCC(C2CCNc3c(C(N)=O)c(-c4cc(Br)c(C)c(Br)c4)nn32)CC1. The van der Waals surface area contributed by atoms with Crippen LogP contribution in [0.3, 0.4) is 0 Å². The normalized spacial score (nSPS) is 18.9. The maximum absolute atomic E-state index is 12.5. The van der Waals surface area contributed by atoms with Crippen LogP contribution in [0.2, 0.25) is 0 Å². The molecule has 2 aliphatic rings. The van der Waals surface area contributed by atoms with Crippen LogP contribution in [0.4, 0.5) is 5.82 Å². The van der Waals surface area contributed by atoms with Gasteiger partial charge in [-0.1, -0.05) is 38.4 Å². The fourth-order valence-electron chi connectivity index (χ4n) is 4.59. The summed E-state index contributed by atoms with van der Waals surface area (Å²) in [5, 5.41) is 8.24. The van der Waals surface area contributed by atoms with Gasteiger partial charge in [-0.15, -0.1) is 0 Å². The Balaban J connectivity index is 1.71. The molecule has 0 aliphatic carbocycles. The molecule has 3 heterocycles. The van der Waals surface area contributed by atoms with Crippen LogP contribution in [0.1, 0.15) is 41.2 Å². The first-order valence-corrected chi connectivity index (χ1v) is 11.9. The lowest BCUT2D eigenvalue weighted by Gasteiger charge is -2.38. The first-order valence-electron chi connectivity index (χ1n) is 10.3. The van der Waals surface area contributed by atoms with E-state index < -0.39 is 5.91 Å². The highest BCUT2D eigenvalue weighted by molar-refractivity contribution is 9.11. The number of hydrogen-bond donors (Lipinski definition) is 2. The predicted molar refractivity (Wildman–Crippen MR) is 128 cm³/mol. The summed E-state index contributed by atoms with van der Waals surface area (Å²) < 4.78 is 3.82. The molecule has 0 bridgehead atoms. The second kappa shape index (κ2) is 8.78. The highest BCUT2D eigenvalue weighted by Crippen LogP contribution is 2.41. The molecule has 1 fully saturated rings. The number of piperidine rings is 1. The molecule has 1 aromatic carbocycles. The summed E-state index contributed by atoms with van der Waals surface area (Å²) in [6.07, 6.45) is 4.08. The molecule has 2 amide bonds. The molecule has 1 aromatic heterocycles. The van der Waals surface area contributed by atoms with Crippen LogP contribution < -0.4 is 11.1 Å². The van der Waals surface area contributed by atoms with Crippen molar-refractivity contribution in [2.75, 3.05) is 25.0 Å². The summed E-state index contributed by atoms with van der Waals surface area (Å²) in [6, 6.07) is 4.09. The van der Waals surface area contributed by atoms with Gasteiger partial charge in [-0.25, -0.2) is 4.68 Å². The molecule has 0 spiro atoms. The number of halogens is 2. The molecule has 4 rings (SSSR count). The summed E-state index contributed by atoms with van der Waals surface area (Å²) in [4.78, 5) is 26.2. The van der Waals surface area contributed by atoms with E-state index in [0.717, 1.165) is 45.9 Å². The van der Waals surface area contributed by atoms with E-state index in [2.05, 4.69) is 43.8 Å². The maximum Gasteiger partial charge on any atom is 0.254 e. The number of primary amides is 1. The maximum atomic E-state index is 12.5. The predicted octanol–water partition coefficient (Wildman–Crippen LogP) is 4.26. The molecule has 2 aliphatic heterocycles. The van der Waals surface area contributed by atoms with E-state index in [1.807, 2.05) is 28.6 Å². The van der Waals surface area contributed by atoms with E-state index in [1.165, 1.54) is 6.08 Å². The van der Waals surface area contributed by atoms with Crippen molar-refractivity contribution in [3.8, 4) is 11.3 Å². The first kappa shape index (κ1) is 22.1. The number of nitrogens with one attached hydrogen (secondary N) is 1. The summed E-state index contributed by atoms with van der Waals surface area (Å²) in [6.45, 7) is 7.77. The number of anilines is 1. The van der Waals surface area contributed by atoms with Gasteiger partial charge in [0.2, 0.25) is 5.91 Å². The number of amides is 2. The van der Waals surface area contributed by atoms with Gasteiger partial charge in [0.1, 0.15) is 17.1 Å². The minimum Gasteiger partial charge on any atom is -0.370 e. The van der Waals surface area contributed by atoms with Crippen LogP contribution in [0.25, 0.3) is 11.3 Å². The third-order valence-electron chi connectivity index (χ3n) is 6.33. The topological polar surface area (TPSA) is 93.2 Å². The number of rotatable bonds is 4. The Kier molecular flexibility index (Phi) is 6.25. The number of likely N-dealkylation sites (tertiary alicyclic amines) is 1. The molecule has 1 unspecified atom stereocenters. The summed E-state index contributed by atoms with van der Waals surface area (Å²) in [5.41, 5.74) is 8.72. The van der Waals surface area contributed by atoms with E-state index in [4.69, 9.17) is 10.8 Å². The quantitative estimate of drug-likeness (QED) is 0.556. The van der Waals surface area contributed by atoms with E-state index in [9.17, 15) is 9.59 Å². The Labute approximate surface area is 198 Å². The molecule has 164 valence electrons. The average molecular weight is 551 g/mol. The molecule has 0 radical (unpaired) electrons. The standard InChI is InChI=1S/C22H25Br2N5O2/c1-3-18(30)28-8-5-13(6-9-28)17-4-7-26-22-19(21(25)31)20(27-29(17)22)14-10-15(23)12(2)16(24)11-14/h3,10-11,13,17,26H,1,4-9H2,2H3,(H2,25,31). The van der Waals surface area contributed by atoms with Crippen LogP contribution in [0.15, 0.2) is 33.7 Å². The zero-order valence-corrected chi connectivity index (χ0v) is 20.5. The highest BCUT2D eigenvalue weighted by Gasteiger charge is 2.35. The number of benzene rings is 1. The van der Waals surface area contributed by atoms with Gasteiger partial charge in [-0.3, -0.25) is 9.59 Å². The minimum absolute atomic E-state index is 0.0163. The van der Waals surface area contributed by atoms with Crippen molar-refractivity contribution in [2.45, 2.75) is 32.2 Å². The van der Waals surface area contributed by atoms with Crippen molar-refractivity contribution < 1.29 is 9.59 Å². The van der Waals surface area contributed by atoms with Crippen molar-refractivity contribution in [1.29, 1.82) is 0 Å². The van der Waals surface area contributed by atoms with Gasteiger partial charge in [0, 0.05) is 34.1 Å². The lowest BCUT2D eigenvalue weighted by Crippen LogP contribution is -2.41. The summed E-state index contributed by atoms with van der Waals surface area (Å²) >= 11 is 7.18. The summed E-state index contributed by atoms with van der Waals surface area (Å²) in [5.74, 6) is 0.553. The fourth-order valence-corrected chi connectivity index (χ4v) is 5.78. The monoisotopic (exact) mass is 549 g/mol. The molecule has 1 atom stereocenters. The number of carbonyl (C=O) groups is 2. The van der Waals surface area contributed by atoms with Crippen molar-refractivity contribution in [3.05, 3.63) is 44.9 Å². The van der Waals surface area contributed by atoms with Crippen molar-refractivity contribution in [2.24, 2.45) is 11.7 Å². The Morgan fingerprint density at radius 2 is 1.87 bits per heavy atom. The number of fused-ring (bicyclic) bond motifs is 1. The van der Waals surface area contributed by atoms with Gasteiger partial charge in [-0.05, 0) is 55.9 Å². The Morgan fingerprint density at radius 1 is 1.23 bits per heavy atom. The molecule has 0 saturated carbocycles. The average Bonchev–Trinajstić information content (AvgIpc) is 3.16. The van der Waals surface area contributed by atoms with Crippen LogP contribution in [0, 0.1) is 12.8 Å². The van der Waals surface area contributed by atoms with Crippen molar-refractivity contribution in [3.63, 3.8) is 0 Å². The van der Waals surface area contributed by atoms with E-state index in [-0.39, 0.29) is 11.9 Å².